The third kappa shape index (κ3) is 15.6. The van der Waals surface area contributed by atoms with E-state index in [-0.39, 0.29) is 20.4 Å². The molecule has 20 heavy (non-hydrogen) atoms. The summed E-state index contributed by atoms with van der Waals surface area (Å²) in [6, 6.07) is 1.75. The van der Waals surface area contributed by atoms with Gasteiger partial charge in [0.2, 0.25) is 0 Å². The smallest absolute Gasteiger partial charge is 0.741 e. The molecule has 0 saturated heterocycles. The molecule has 0 atom stereocenters. The van der Waals surface area contributed by atoms with E-state index in [9.17, 15) is 26.3 Å². The Morgan fingerprint density at radius 1 is 0.850 bits per heavy atom. The van der Waals surface area contributed by atoms with E-state index in [2.05, 4.69) is 0 Å². The summed E-state index contributed by atoms with van der Waals surface area (Å²) >= 11 is 0. The standard InChI is InChI=1S/C2H3N.2CHF3O3S.Pd/c1-2-3;2*2-1(3,4)8(5,6)7;/h1H3;2*(H,5,6,7);/q;;;+2/p-2. The van der Waals surface area contributed by atoms with Gasteiger partial charge in [-0.15, -0.1) is 0 Å². The molecule has 0 amide bonds. The van der Waals surface area contributed by atoms with Crippen molar-refractivity contribution in [2.75, 3.05) is 0 Å². The van der Waals surface area contributed by atoms with E-state index in [0.717, 1.165) is 0 Å². The predicted molar refractivity (Wildman–Crippen MR) is 42.8 cm³/mol. The second-order valence-electron chi connectivity index (χ2n) is 2.02. The molecule has 0 aromatic carbocycles. The maximum absolute atomic E-state index is 10.7. The first-order valence-electron chi connectivity index (χ1n) is 3.27. The van der Waals surface area contributed by atoms with Gasteiger partial charge < -0.3 is 9.11 Å². The van der Waals surface area contributed by atoms with Crippen LogP contribution in [0.25, 0.3) is 0 Å². The Balaban J connectivity index is -0.000000103. The van der Waals surface area contributed by atoms with Crippen LogP contribution >= 0.6 is 0 Å². The van der Waals surface area contributed by atoms with E-state index in [1.165, 1.54) is 6.92 Å². The van der Waals surface area contributed by atoms with E-state index in [4.69, 9.17) is 31.2 Å². The molecule has 0 rings (SSSR count). The zero-order chi connectivity index (χ0) is 16.7. The van der Waals surface area contributed by atoms with E-state index in [0.29, 0.717) is 0 Å². The molecule has 0 fully saturated rings. The van der Waals surface area contributed by atoms with Gasteiger partial charge in [0, 0.05) is 6.92 Å². The van der Waals surface area contributed by atoms with Crippen molar-refractivity contribution in [3.8, 4) is 6.07 Å². The van der Waals surface area contributed by atoms with Crippen molar-refractivity contribution in [1.82, 2.24) is 0 Å². The second kappa shape index (κ2) is 9.48. The second-order valence-corrected chi connectivity index (χ2v) is 4.77. The summed E-state index contributed by atoms with van der Waals surface area (Å²) in [4.78, 5) is 0. The number of halogens is 6. The minimum absolute atomic E-state index is 0. The zero-order valence-electron chi connectivity index (χ0n) is 8.80. The van der Waals surface area contributed by atoms with Crippen molar-refractivity contribution < 1.29 is 72.7 Å². The molecule has 0 radical (unpaired) electrons. The predicted octanol–water partition coefficient (Wildman–Crippen LogP) is 0.630. The van der Waals surface area contributed by atoms with Gasteiger partial charge in [-0.2, -0.15) is 31.6 Å². The van der Waals surface area contributed by atoms with Crippen LogP contribution in [-0.2, 0) is 40.7 Å². The number of hydrogen-bond acceptors (Lipinski definition) is 7. The molecular weight excluding hydrogens is 443 g/mol. The average Bonchev–Trinajstić information content (AvgIpc) is 1.97. The van der Waals surface area contributed by atoms with Gasteiger partial charge in [-0.05, 0) is 0 Å². The van der Waals surface area contributed by atoms with Crippen molar-refractivity contribution >= 4 is 20.2 Å². The Morgan fingerprint density at radius 3 is 0.900 bits per heavy atom. The maximum Gasteiger partial charge on any atom is 2.00 e. The summed E-state index contributed by atoms with van der Waals surface area (Å²) in [5, 5.41) is 7.32. The van der Waals surface area contributed by atoms with Gasteiger partial charge in [0.25, 0.3) is 0 Å². The molecular formula is C4H3F6NO6PdS2. The number of nitriles is 1. The molecule has 0 bridgehead atoms. The summed E-state index contributed by atoms with van der Waals surface area (Å²) in [7, 11) is -12.2. The van der Waals surface area contributed by atoms with Crippen LogP contribution in [0.2, 0.25) is 0 Å². The third-order valence-electron chi connectivity index (χ3n) is 0.567. The summed E-state index contributed by atoms with van der Waals surface area (Å²) in [5.41, 5.74) is -11.3. The van der Waals surface area contributed by atoms with E-state index in [1.54, 1.807) is 6.07 Å². The van der Waals surface area contributed by atoms with Crippen LogP contribution in [0.4, 0.5) is 26.3 Å². The summed E-state index contributed by atoms with van der Waals surface area (Å²) in [6.45, 7) is 1.43. The molecule has 0 aromatic rings. The van der Waals surface area contributed by atoms with Crippen LogP contribution in [0.5, 0.6) is 0 Å². The SMILES string of the molecule is CC#N.O=S(=O)([O-])C(F)(F)F.O=S(=O)([O-])C(F)(F)F.[Pd+2]. The largest absolute Gasteiger partial charge is 2.00 e. The van der Waals surface area contributed by atoms with E-state index in [1.807, 2.05) is 0 Å². The van der Waals surface area contributed by atoms with Crippen LogP contribution in [0.15, 0.2) is 0 Å². The van der Waals surface area contributed by atoms with Crippen molar-refractivity contribution in [3.63, 3.8) is 0 Å². The van der Waals surface area contributed by atoms with Gasteiger partial charge >= 0.3 is 31.4 Å². The average molecular weight is 446 g/mol. The van der Waals surface area contributed by atoms with Crippen LogP contribution in [-0.4, -0.2) is 37.0 Å². The Morgan fingerprint density at radius 2 is 0.900 bits per heavy atom. The van der Waals surface area contributed by atoms with Crippen LogP contribution in [0, 0.1) is 11.3 Å². The molecule has 0 aromatic heterocycles. The number of rotatable bonds is 0. The fourth-order valence-electron chi connectivity index (χ4n) is 0. The van der Waals surface area contributed by atoms with Crippen molar-refractivity contribution in [2.24, 2.45) is 0 Å². The van der Waals surface area contributed by atoms with Crippen molar-refractivity contribution in [3.05, 3.63) is 0 Å². The Kier molecular flexibility index (Phi) is 13.2. The Hall–Kier alpha value is -0.448. The summed E-state index contributed by atoms with van der Waals surface area (Å²) < 4.78 is 118. The van der Waals surface area contributed by atoms with Crippen molar-refractivity contribution in [1.29, 1.82) is 5.26 Å². The number of alkyl halides is 6. The first-order chi connectivity index (χ1) is 7.91. The van der Waals surface area contributed by atoms with Gasteiger partial charge in [0.1, 0.15) is 0 Å². The molecule has 0 heterocycles. The molecule has 0 N–H and O–H groups in total. The third-order valence-corrected chi connectivity index (χ3v) is 1.70. The molecule has 124 valence electrons. The fourth-order valence-corrected chi connectivity index (χ4v) is 0. The number of nitrogens with zero attached hydrogens (tertiary/aromatic N) is 1. The molecule has 0 spiro atoms. The van der Waals surface area contributed by atoms with Crippen LogP contribution < -0.4 is 0 Å². The van der Waals surface area contributed by atoms with Gasteiger partial charge in [0.15, 0.2) is 20.2 Å². The zero-order valence-corrected chi connectivity index (χ0v) is 12.0. The van der Waals surface area contributed by atoms with Gasteiger partial charge in [0.05, 0.1) is 6.07 Å². The molecule has 16 heteroatoms. The van der Waals surface area contributed by atoms with Crippen molar-refractivity contribution in [2.45, 2.75) is 17.9 Å². The molecule has 7 nitrogen and oxygen atoms in total. The van der Waals surface area contributed by atoms with Gasteiger partial charge in [-0.25, -0.2) is 16.8 Å². The molecule has 0 unspecified atom stereocenters. The molecule has 0 aliphatic carbocycles. The van der Waals surface area contributed by atoms with Gasteiger partial charge in [-0.1, -0.05) is 0 Å². The summed E-state index contributed by atoms with van der Waals surface area (Å²) in [6.07, 6.45) is 0. The quantitative estimate of drug-likeness (QED) is 0.231. The van der Waals surface area contributed by atoms with E-state index < -0.39 is 31.3 Å². The van der Waals surface area contributed by atoms with Crippen LogP contribution in [0.1, 0.15) is 6.92 Å². The monoisotopic (exact) mass is 445 g/mol. The van der Waals surface area contributed by atoms with E-state index >= 15 is 0 Å². The Labute approximate surface area is 122 Å². The van der Waals surface area contributed by atoms with Gasteiger partial charge in [-0.3, -0.25) is 0 Å². The Bertz CT molecular complexity index is 459. The molecule has 0 saturated carbocycles. The summed E-state index contributed by atoms with van der Waals surface area (Å²) in [5.74, 6) is 0. The first-order valence-corrected chi connectivity index (χ1v) is 6.08. The number of hydrogen-bond donors (Lipinski definition) is 0. The topological polar surface area (TPSA) is 138 Å². The fraction of sp³-hybridized carbons (Fsp3) is 0.750. The normalized spacial score (nSPS) is 11.6. The first kappa shape index (κ1) is 27.8. The minimum atomic E-state index is -6.09. The maximum atomic E-state index is 10.7. The molecule has 0 aliphatic rings. The minimum Gasteiger partial charge on any atom is -0.741 e. The molecule has 0 aliphatic heterocycles. The van der Waals surface area contributed by atoms with Crippen LogP contribution in [0.3, 0.4) is 0 Å².